The van der Waals surface area contributed by atoms with E-state index >= 15 is 0 Å². The summed E-state index contributed by atoms with van der Waals surface area (Å²) < 4.78 is 24.4. The number of hydrogen-bond donors (Lipinski definition) is 9. The number of rotatable bonds is 10. The van der Waals surface area contributed by atoms with Gasteiger partial charge in [0.05, 0.1) is 31.0 Å². The van der Waals surface area contributed by atoms with E-state index in [4.69, 9.17) is 18.9 Å². The Morgan fingerprint density at radius 3 is 1.95 bits per heavy atom. The zero-order valence-electron chi connectivity index (χ0n) is 34.3. The Hall–Kier alpha value is -0.780. The maximum atomic E-state index is 12.2. The average Bonchev–Trinajstić information content (AvgIpc) is 3.50. The van der Waals surface area contributed by atoms with Crippen molar-refractivity contribution in [2.24, 2.45) is 45.3 Å². The van der Waals surface area contributed by atoms with Crippen molar-refractivity contribution in [1.82, 2.24) is 0 Å². The second-order valence-electron chi connectivity index (χ2n) is 20.1. The highest BCUT2D eigenvalue weighted by Gasteiger charge is 2.71. The van der Waals surface area contributed by atoms with Crippen molar-refractivity contribution in [3.8, 4) is 0 Å². The van der Waals surface area contributed by atoms with E-state index in [1.54, 1.807) is 0 Å². The van der Waals surface area contributed by atoms with Crippen LogP contribution in [0.5, 0.6) is 0 Å². The zero-order valence-corrected chi connectivity index (χ0v) is 34.3. The van der Waals surface area contributed by atoms with Crippen molar-refractivity contribution in [2.45, 2.75) is 192 Å². The molecule has 0 aromatic heterocycles. The molecule has 6 fully saturated rings. The predicted molar refractivity (Wildman–Crippen MR) is 201 cm³/mol. The molecule has 0 amide bonds. The molecule has 0 spiro atoms. The van der Waals surface area contributed by atoms with Crippen molar-refractivity contribution in [2.75, 3.05) is 13.2 Å². The van der Waals surface area contributed by atoms with Gasteiger partial charge in [0.15, 0.2) is 12.6 Å². The van der Waals surface area contributed by atoms with Gasteiger partial charge in [-0.05, 0) is 124 Å². The summed E-state index contributed by atoms with van der Waals surface area (Å²) >= 11 is 0. The number of allylic oxidation sites excluding steroid dienone is 2. The van der Waals surface area contributed by atoms with Gasteiger partial charge >= 0.3 is 0 Å². The molecule has 0 bridgehead atoms. The summed E-state index contributed by atoms with van der Waals surface area (Å²) in [6.07, 6.45) is -6.48. The van der Waals surface area contributed by atoms with Crippen LogP contribution in [0.2, 0.25) is 0 Å². The van der Waals surface area contributed by atoms with E-state index in [-0.39, 0.29) is 39.9 Å². The number of ether oxygens (including phenoxy) is 4. The van der Waals surface area contributed by atoms with Gasteiger partial charge < -0.3 is 64.9 Å². The van der Waals surface area contributed by atoms with Crippen LogP contribution >= 0.6 is 0 Å². The van der Waals surface area contributed by atoms with Gasteiger partial charge in [-0.25, -0.2) is 0 Å². The zero-order chi connectivity index (χ0) is 40.6. The summed E-state index contributed by atoms with van der Waals surface area (Å²) in [6, 6.07) is 0. The number of hydrogen-bond acceptors (Lipinski definition) is 13. The minimum Gasteiger partial charge on any atom is -0.394 e. The predicted octanol–water partition coefficient (Wildman–Crippen LogP) is 2.15. The second kappa shape index (κ2) is 15.7. The summed E-state index contributed by atoms with van der Waals surface area (Å²) in [5.41, 5.74) is -0.405. The van der Waals surface area contributed by atoms with Crippen LogP contribution in [0.3, 0.4) is 0 Å². The van der Waals surface area contributed by atoms with Crippen LogP contribution in [0, 0.1) is 45.3 Å². The fourth-order valence-corrected chi connectivity index (χ4v) is 13.3. The van der Waals surface area contributed by atoms with Crippen molar-refractivity contribution in [3.05, 3.63) is 11.6 Å². The minimum atomic E-state index is -1.75. The third-order valence-electron chi connectivity index (χ3n) is 16.6. The Bertz CT molecular complexity index is 1370. The first-order chi connectivity index (χ1) is 25.6. The molecule has 2 aliphatic heterocycles. The summed E-state index contributed by atoms with van der Waals surface area (Å²) in [6.45, 7) is 16.5. The lowest BCUT2D eigenvalue weighted by molar-refractivity contribution is -0.378. The van der Waals surface area contributed by atoms with Crippen LogP contribution in [0.1, 0.15) is 113 Å². The highest BCUT2D eigenvalue weighted by atomic mass is 16.8. The Balaban J connectivity index is 1.23. The molecular formula is C42H72O13. The van der Waals surface area contributed by atoms with E-state index in [0.717, 1.165) is 38.5 Å². The molecule has 2 heterocycles. The van der Waals surface area contributed by atoms with Crippen LogP contribution < -0.4 is 0 Å². The SMILES string of the molecule is CC(C)=CCC[C@](C)(O)[C@H]1CC[C@]2(C)[C@@H]1C(O)C[C@@H]1[C@@]3(C)CCC(O[C@@H]4O[C@H](CO)[C@@H](O)[C@H](O)[C@H]4O[C@@H]4O[C@H](CO)[C@@H](O)[C@H](O)[C@H]4O)C(C)(C)[C@@H]3CC[C@]12C. The van der Waals surface area contributed by atoms with Gasteiger partial charge in [-0.15, -0.1) is 0 Å². The molecule has 55 heavy (non-hydrogen) atoms. The summed E-state index contributed by atoms with van der Waals surface area (Å²) in [5, 5.41) is 97.4. The van der Waals surface area contributed by atoms with Crippen molar-refractivity contribution in [3.63, 3.8) is 0 Å². The van der Waals surface area contributed by atoms with Gasteiger partial charge in [-0.2, -0.15) is 0 Å². The Morgan fingerprint density at radius 2 is 1.33 bits per heavy atom. The van der Waals surface area contributed by atoms with E-state index in [9.17, 15) is 46.0 Å². The number of aliphatic hydroxyl groups is 9. The normalized spacial score (nSPS) is 52.0. The monoisotopic (exact) mass is 784 g/mol. The number of fused-ring (bicyclic) bond motifs is 5. The quantitative estimate of drug-likeness (QED) is 0.115. The molecule has 6 rings (SSSR count). The lowest BCUT2D eigenvalue weighted by Crippen LogP contribution is -2.68. The second-order valence-corrected chi connectivity index (χ2v) is 20.1. The first kappa shape index (κ1) is 43.8. The van der Waals surface area contributed by atoms with Gasteiger partial charge in [-0.3, -0.25) is 0 Å². The van der Waals surface area contributed by atoms with Gasteiger partial charge in [0.2, 0.25) is 0 Å². The lowest BCUT2D eigenvalue weighted by atomic mass is 9.35. The molecule has 0 aromatic carbocycles. The van der Waals surface area contributed by atoms with Crippen LogP contribution in [0.25, 0.3) is 0 Å². The van der Waals surface area contributed by atoms with Gasteiger partial charge in [0, 0.05) is 0 Å². The summed E-state index contributed by atoms with van der Waals surface area (Å²) in [7, 11) is 0. The highest BCUT2D eigenvalue weighted by molar-refractivity contribution is 5.20. The molecule has 13 nitrogen and oxygen atoms in total. The fraction of sp³-hybridized carbons (Fsp3) is 0.952. The van der Waals surface area contributed by atoms with Gasteiger partial charge in [0.1, 0.15) is 48.8 Å². The van der Waals surface area contributed by atoms with Gasteiger partial charge in [0.25, 0.3) is 0 Å². The van der Waals surface area contributed by atoms with Crippen LogP contribution in [0.15, 0.2) is 11.6 Å². The first-order valence-corrected chi connectivity index (χ1v) is 20.9. The van der Waals surface area contributed by atoms with Gasteiger partial charge in [-0.1, -0.05) is 46.3 Å². The smallest absolute Gasteiger partial charge is 0.187 e. The van der Waals surface area contributed by atoms with Crippen LogP contribution in [-0.2, 0) is 18.9 Å². The molecule has 0 aromatic rings. The van der Waals surface area contributed by atoms with Crippen LogP contribution in [-0.4, -0.2) is 138 Å². The van der Waals surface area contributed by atoms with Crippen LogP contribution in [0.4, 0.5) is 0 Å². The average molecular weight is 785 g/mol. The van der Waals surface area contributed by atoms with Crippen molar-refractivity contribution < 1.29 is 64.9 Å². The summed E-state index contributed by atoms with van der Waals surface area (Å²) in [4.78, 5) is 0. The Labute approximate surface area is 327 Å². The third kappa shape index (κ3) is 7.20. The standard InChI is InChI=1S/C42H72O13/c1-21(2)10-9-14-42(8,51)22-11-16-41(7)29(22)23(45)18-27-39(5)15-13-28(38(3,4)26(39)12-17-40(27,41)6)54-37-35(33(49)31(47)25(20-44)53-37)55-36-34(50)32(48)30(46)24(19-43)52-36/h10,22-37,43-51H,9,11-20H2,1-8H3/t22-,23?,24+,25+,26-,27+,28?,29-,30+,31+,32-,33-,34+,35+,36-,37-,39-,40+,41+,42-/m0/s1. The van der Waals surface area contributed by atoms with E-state index in [1.807, 2.05) is 6.92 Å². The molecule has 6 aliphatic rings. The molecule has 4 saturated carbocycles. The molecule has 318 valence electrons. The summed E-state index contributed by atoms with van der Waals surface area (Å²) in [5.74, 6) is 0.445. The minimum absolute atomic E-state index is 0.00798. The lowest BCUT2D eigenvalue weighted by Gasteiger charge is -2.70. The van der Waals surface area contributed by atoms with Crippen molar-refractivity contribution in [1.29, 1.82) is 0 Å². The molecule has 4 aliphatic carbocycles. The Morgan fingerprint density at radius 1 is 0.727 bits per heavy atom. The first-order valence-electron chi connectivity index (χ1n) is 20.9. The topological polar surface area (TPSA) is 219 Å². The molecule has 9 N–H and O–H groups in total. The molecule has 13 heteroatoms. The fourth-order valence-electron chi connectivity index (χ4n) is 13.3. The maximum Gasteiger partial charge on any atom is 0.187 e. The van der Waals surface area contributed by atoms with E-state index in [1.165, 1.54) is 5.57 Å². The Kier molecular flexibility index (Phi) is 12.5. The highest BCUT2D eigenvalue weighted by Crippen LogP contribution is 2.76. The number of aliphatic hydroxyl groups excluding tert-OH is 8. The molecule has 20 atom stereocenters. The molecular weight excluding hydrogens is 712 g/mol. The van der Waals surface area contributed by atoms with E-state index < -0.39 is 97.8 Å². The maximum absolute atomic E-state index is 12.2. The van der Waals surface area contributed by atoms with E-state index in [0.29, 0.717) is 19.3 Å². The van der Waals surface area contributed by atoms with Crippen molar-refractivity contribution >= 4 is 0 Å². The molecule has 2 unspecified atom stereocenters. The largest absolute Gasteiger partial charge is 0.394 e. The van der Waals surface area contributed by atoms with E-state index in [2.05, 4.69) is 54.5 Å². The third-order valence-corrected chi connectivity index (χ3v) is 16.6. The molecule has 0 radical (unpaired) electrons. The molecule has 2 saturated heterocycles.